The molecule has 2 aromatic heterocycles. The van der Waals surface area contributed by atoms with E-state index in [0.29, 0.717) is 24.0 Å². The van der Waals surface area contributed by atoms with E-state index in [1.807, 2.05) is 11.0 Å². The van der Waals surface area contributed by atoms with E-state index in [9.17, 15) is 9.90 Å². The number of aromatic nitrogens is 4. The van der Waals surface area contributed by atoms with Crippen molar-refractivity contribution in [1.82, 2.24) is 24.5 Å². The zero-order valence-electron chi connectivity index (χ0n) is 14.8. The minimum Gasteiger partial charge on any atom is -0.380 e. The number of amides is 1. The van der Waals surface area contributed by atoms with E-state index in [1.165, 1.54) is 6.33 Å². The average molecular weight is 356 g/mol. The lowest BCUT2D eigenvalue weighted by Gasteiger charge is -2.47. The van der Waals surface area contributed by atoms with E-state index >= 15 is 0 Å². The molecule has 138 valence electrons. The van der Waals surface area contributed by atoms with Gasteiger partial charge in [-0.3, -0.25) is 4.79 Å². The second kappa shape index (κ2) is 5.64. The van der Waals surface area contributed by atoms with Gasteiger partial charge >= 0.3 is 0 Å². The summed E-state index contributed by atoms with van der Waals surface area (Å²) in [7, 11) is 0. The van der Waals surface area contributed by atoms with Gasteiger partial charge in [0.25, 0.3) is 11.7 Å². The lowest BCUT2D eigenvalue weighted by Crippen LogP contribution is -2.51. The molecule has 26 heavy (non-hydrogen) atoms. The normalized spacial score (nSPS) is 24.2. The van der Waals surface area contributed by atoms with E-state index in [2.05, 4.69) is 20.0 Å². The highest BCUT2D eigenvalue weighted by Gasteiger charge is 2.51. The number of likely N-dealkylation sites (tertiary alicyclic amines) is 1. The zero-order chi connectivity index (χ0) is 17.8. The Bertz CT molecular complexity index is 827. The molecule has 0 unspecified atom stereocenters. The van der Waals surface area contributed by atoms with E-state index in [4.69, 9.17) is 0 Å². The average Bonchev–Trinajstić information content (AvgIpc) is 3.24. The number of hydrogen-bond donors (Lipinski definition) is 1. The summed E-state index contributed by atoms with van der Waals surface area (Å²) >= 11 is 0. The number of carbonyl (C=O) groups is 1. The van der Waals surface area contributed by atoms with Crippen LogP contribution in [-0.2, 0) is 4.79 Å². The molecule has 0 radical (unpaired) electrons. The van der Waals surface area contributed by atoms with Gasteiger partial charge in [0.15, 0.2) is 0 Å². The van der Waals surface area contributed by atoms with Crippen molar-refractivity contribution >= 4 is 17.5 Å². The number of carbonyl (C=O) groups excluding carboxylic acids is 1. The van der Waals surface area contributed by atoms with Crippen molar-refractivity contribution in [2.24, 2.45) is 5.41 Å². The second-order valence-electron chi connectivity index (χ2n) is 8.09. The first kappa shape index (κ1) is 16.0. The monoisotopic (exact) mass is 356 g/mol. The van der Waals surface area contributed by atoms with Gasteiger partial charge in [0.1, 0.15) is 17.7 Å². The van der Waals surface area contributed by atoms with Crippen LogP contribution in [0.4, 0.5) is 5.82 Å². The molecule has 1 spiro atoms. The molecule has 8 heteroatoms. The van der Waals surface area contributed by atoms with Crippen LogP contribution in [0.2, 0.25) is 0 Å². The van der Waals surface area contributed by atoms with Crippen molar-refractivity contribution in [3.63, 3.8) is 0 Å². The van der Waals surface area contributed by atoms with Gasteiger partial charge in [0.2, 0.25) is 0 Å². The first-order valence-corrected chi connectivity index (χ1v) is 9.50. The lowest BCUT2D eigenvalue weighted by molar-refractivity contribution is -0.145. The number of hydrogen-bond acceptors (Lipinski definition) is 6. The molecule has 3 fully saturated rings. The summed E-state index contributed by atoms with van der Waals surface area (Å²) in [5.41, 5.74) is -0.702. The van der Waals surface area contributed by atoms with Gasteiger partial charge in [0, 0.05) is 32.4 Å². The lowest BCUT2D eigenvalue weighted by atomic mass is 9.71. The molecule has 0 atom stereocenters. The molecule has 5 rings (SSSR count). The van der Waals surface area contributed by atoms with Gasteiger partial charge in [-0.1, -0.05) is 0 Å². The van der Waals surface area contributed by atoms with Gasteiger partial charge in [-0.05, 0) is 50.0 Å². The molecule has 0 bridgehead atoms. The molecule has 0 aromatic carbocycles. The summed E-state index contributed by atoms with van der Waals surface area (Å²) in [6.07, 6.45) is 8.91. The molecule has 1 amide bonds. The number of fused-ring (bicyclic) bond motifs is 1. The van der Waals surface area contributed by atoms with Crippen molar-refractivity contribution in [1.29, 1.82) is 0 Å². The van der Waals surface area contributed by atoms with Gasteiger partial charge in [-0.15, -0.1) is 0 Å². The number of piperidine rings is 2. The van der Waals surface area contributed by atoms with E-state index in [0.717, 1.165) is 57.7 Å². The highest BCUT2D eigenvalue weighted by atomic mass is 16.3. The molecule has 8 nitrogen and oxygen atoms in total. The SMILES string of the molecule is O=C(N1CCC2(CC1)CCN(c1ccnc3ncnn13)CC2)C1(O)CC1. The third-order valence-corrected chi connectivity index (χ3v) is 6.54. The van der Waals surface area contributed by atoms with Crippen molar-refractivity contribution in [2.45, 2.75) is 44.1 Å². The Morgan fingerprint density at radius 2 is 1.69 bits per heavy atom. The molecular weight excluding hydrogens is 332 g/mol. The summed E-state index contributed by atoms with van der Waals surface area (Å²) < 4.78 is 1.80. The van der Waals surface area contributed by atoms with E-state index < -0.39 is 5.60 Å². The van der Waals surface area contributed by atoms with Crippen molar-refractivity contribution in [2.75, 3.05) is 31.1 Å². The van der Waals surface area contributed by atoms with Crippen LogP contribution in [0.1, 0.15) is 38.5 Å². The largest absolute Gasteiger partial charge is 0.380 e. The Morgan fingerprint density at radius 1 is 1.00 bits per heavy atom. The molecule has 2 aromatic rings. The Hall–Kier alpha value is -2.22. The highest BCUT2D eigenvalue weighted by molar-refractivity contribution is 5.87. The van der Waals surface area contributed by atoms with Crippen LogP contribution >= 0.6 is 0 Å². The van der Waals surface area contributed by atoms with Crippen LogP contribution in [0, 0.1) is 5.41 Å². The quantitative estimate of drug-likeness (QED) is 0.859. The first-order chi connectivity index (χ1) is 12.6. The third kappa shape index (κ3) is 2.55. The van der Waals surface area contributed by atoms with Gasteiger partial charge in [-0.2, -0.15) is 14.6 Å². The third-order valence-electron chi connectivity index (χ3n) is 6.54. The van der Waals surface area contributed by atoms with Crippen LogP contribution in [0.5, 0.6) is 0 Å². The van der Waals surface area contributed by atoms with Crippen molar-refractivity contribution in [3.05, 3.63) is 18.6 Å². The molecule has 1 saturated carbocycles. The fraction of sp³-hybridized carbons (Fsp3) is 0.667. The van der Waals surface area contributed by atoms with Gasteiger partial charge < -0.3 is 14.9 Å². The van der Waals surface area contributed by atoms with Crippen molar-refractivity contribution < 1.29 is 9.90 Å². The predicted molar refractivity (Wildman–Crippen MR) is 94.7 cm³/mol. The van der Waals surface area contributed by atoms with Gasteiger partial charge in [0.05, 0.1) is 0 Å². The maximum atomic E-state index is 12.3. The minimum absolute atomic E-state index is 0.0462. The molecule has 4 heterocycles. The Morgan fingerprint density at radius 3 is 2.38 bits per heavy atom. The van der Waals surface area contributed by atoms with Gasteiger partial charge in [-0.25, -0.2) is 4.98 Å². The summed E-state index contributed by atoms with van der Waals surface area (Å²) in [5, 5.41) is 14.4. The molecule has 1 aliphatic carbocycles. The Balaban J connectivity index is 1.24. The highest BCUT2D eigenvalue weighted by Crippen LogP contribution is 2.44. The smallest absolute Gasteiger partial charge is 0.254 e. The van der Waals surface area contributed by atoms with Crippen LogP contribution in [0.15, 0.2) is 18.6 Å². The standard InChI is InChI=1S/C18H24N6O2/c25-15(18(26)2-3-18)23-11-6-17(7-12-23)4-9-22(10-5-17)14-1-8-19-16-20-13-21-24(14)16/h1,8,13,26H,2-7,9-12H2. The Kier molecular flexibility index (Phi) is 3.47. The summed E-state index contributed by atoms with van der Waals surface area (Å²) in [5.74, 6) is 1.63. The Labute approximate surface area is 151 Å². The van der Waals surface area contributed by atoms with E-state index in [1.54, 1.807) is 10.7 Å². The predicted octanol–water partition coefficient (Wildman–Crippen LogP) is 0.858. The zero-order valence-corrected chi connectivity index (χ0v) is 14.8. The van der Waals surface area contributed by atoms with Crippen LogP contribution in [0.25, 0.3) is 5.78 Å². The maximum absolute atomic E-state index is 12.3. The topological polar surface area (TPSA) is 86.9 Å². The minimum atomic E-state index is -1.03. The number of anilines is 1. The second-order valence-corrected chi connectivity index (χ2v) is 8.09. The molecule has 3 aliphatic rings. The molecule has 2 saturated heterocycles. The van der Waals surface area contributed by atoms with Crippen LogP contribution < -0.4 is 4.90 Å². The summed E-state index contributed by atoms with van der Waals surface area (Å²) in [4.78, 5) is 25.0. The number of aliphatic hydroxyl groups is 1. The molecule has 1 N–H and O–H groups in total. The van der Waals surface area contributed by atoms with Crippen LogP contribution in [0.3, 0.4) is 0 Å². The number of rotatable bonds is 2. The van der Waals surface area contributed by atoms with Crippen LogP contribution in [-0.4, -0.2) is 67.3 Å². The fourth-order valence-electron chi connectivity index (χ4n) is 4.49. The fourth-order valence-corrected chi connectivity index (χ4v) is 4.49. The summed E-state index contributed by atoms with van der Waals surface area (Å²) in [6.45, 7) is 3.53. The first-order valence-electron chi connectivity index (χ1n) is 9.50. The molecule has 2 aliphatic heterocycles. The van der Waals surface area contributed by atoms with E-state index in [-0.39, 0.29) is 5.91 Å². The number of nitrogens with zero attached hydrogens (tertiary/aromatic N) is 6. The maximum Gasteiger partial charge on any atom is 0.254 e. The molecular formula is C18H24N6O2. The van der Waals surface area contributed by atoms with Crippen molar-refractivity contribution in [3.8, 4) is 0 Å². The summed E-state index contributed by atoms with van der Waals surface area (Å²) in [6, 6.07) is 2.00.